The molecule has 0 saturated carbocycles. The third-order valence-corrected chi connectivity index (χ3v) is 3.55. The summed E-state index contributed by atoms with van der Waals surface area (Å²) in [6, 6.07) is 3.95. The number of ether oxygens (including phenoxy) is 2. The van der Waals surface area contributed by atoms with Crippen LogP contribution in [0.15, 0.2) is 24.4 Å². The number of carboxylic acid groups (broad SMARTS) is 1. The molecule has 30 heavy (non-hydrogen) atoms. The van der Waals surface area contributed by atoms with Crippen molar-refractivity contribution in [3.63, 3.8) is 0 Å². The molecular weight excluding hydrogens is 440 g/mol. The van der Waals surface area contributed by atoms with Gasteiger partial charge in [0, 0.05) is 6.20 Å². The summed E-state index contributed by atoms with van der Waals surface area (Å²) in [5, 5.41) is 15.8. The topological polar surface area (TPSA) is 116 Å². The number of amides is 1. The van der Waals surface area contributed by atoms with Crippen LogP contribution in [0.25, 0.3) is 0 Å². The SMILES string of the molecule is O=C(Cn1nc(COCC(F)(F)COC(F)F)cc1C(=O)O)Nc1ccc(Cl)cn1. The lowest BCUT2D eigenvalue weighted by Gasteiger charge is -2.15. The number of aromatic carboxylic acids is 1. The van der Waals surface area contributed by atoms with Crippen LogP contribution in [0.2, 0.25) is 5.02 Å². The average molecular weight is 455 g/mol. The Balaban J connectivity index is 1.96. The van der Waals surface area contributed by atoms with Gasteiger partial charge in [-0.2, -0.15) is 13.9 Å². The van der Waals surface area contributed by atoms with E-state index in [9.17, 15) is 32.3 Å². The largest absolute Gasteiger partial charge is 0.477 e. The van der Waals surface area contributed by atoms with Gasteiger partial charge in [0.25, 0.3) is 5.92 Å². The van der Waals surface area contributed by atoms with E-state index in [0.717, 1.165) is 10.7 Å². The van der Waals surface area contributed by atoms with Crippen LogP contribution in [0.5, 0.6) is 0 Å². The van der Waals surface area contributed by atoms with Crippen LogP contribution in [0.1, 0.15) is 16.2 Å². The molecule has 164 valence electrons. The van der Waals surface area contributed by atoms with Crippen molar-refractivity contribution in [1.82, 2.24) is 14.8 Å². The summed E-state index contributed by atoms with van der Waals surface area (Å²) in [4.78, 5) is 27.3. The second-order valence-corrected chi connectivity index (χ2v) is 6.25. The van der Waals surface area contributed by atoms with Crippen LogP contribution in [-0.4, -0.2) is 57.5 Å². The number of carbonyl (C=O) groups excluding carboxylic acids is 1. The van der Waals surface area contributed by atoms with E-state index in [-0.39, 0.29) is 17.2 Å². The predicted octanol–water partition coefficient (Wildman–Crippen LogP) is 2.66. The Morgan fingerprint density at radius 1 is 1.30 bits per heavy atom. The zero-order valence-corrected chi connectivity index (χ0v) is 15.8. The fourth-order valence-electron chi connectivity index (χ4n) is 2.13. The lowest BCUT2D eigenvalue weighted by Crippen LogP contribution is -2.30. The molecule has 0 aliphatic heterocycles. The monoisotopic (exact) mass is 454 g/mol. The van der Waals surface area contributed by atoms with E-state index in [0.29, 0.717) is 5.02 Å². The van der Waals surface area contributed by atoms with Crippen molar-refractivity contribution >= 4 is 29.3 Å². The first-order valence-electron chi connectivity index (χ1n) is 8.12. The van der Waals surface area contributed by atoms with Gasteiger partial charge in [-0.05, 0) is 18.2 Å². The molecule has 2 N–H and O–H groups in total. The molecular formula is C16H15ClF4N4O5. The van der Waals surface area contributed by atoms with Gasteiger partial charge in [-0.15, -0.1) is 0 Å². The number of nitrogens with one attached hydrogen (secondary N) is 1. The molecule has 2 heterocycles. The summed E-state index contributed by atoms with van der Waals surface area (Å²) >= 11 is 5.68. The molecule has 2 aromatic heterocycles. The molecule has 2 aromatic rings. The van der Waals surface area contributed by atoms with E-state index in [1.165, 1.54) is 18.3 Å². The normalized spacial score (nSPS) is 11.7. The van der Waals surface area contributed by atoms with Crippen LogP contribution in [-0.2, 0) is 27.4 Å². The van der Waals surface area contributed by atoms with Gasteiger partial charge < -0.3 is 19.9 Å². The molecule has 0 bridgehead atoms. The third kappa shape index (κ3) is 7.57. The second-order valence-electron chi connectivity index (χ2n) is 5.81. The number of carboxylic acids is 1. The van der Waals surface area contributed by atoms with Crippen LogP contribution in [0, 0.1) is 0 Å². The Hall–Kier alpha value is -2.77. The van der Waals surface area contributed by atoms with E-state index in [1.807, 2.05) is 0 Å². The number of anilines is 1. The fraction of sp³-hybridized carbons (Fsp3) is 0.375. The second kappa shape index (κ2) is 10.3. The number of pyridine rings is 1. The third-order valence-electron chi connectivity index (χ3n) is 3.32. The number of hydrogen-bond donors (Lipinski definition) is 2. The van der Waals surface area contributed by atoms with Crippen LogP contribution in [0.3, 0.4) is 0 Å². The highest BCUT2D eigenvalue weighted by molar-refractivity contribution is 6.30. The molecule has 0 radical (unpaired) electrons. The van der Waals surface area contributed by atoms with E-state index in [4.69, 9.17) is 16.3 Å². The highest BCUT2D eigenvalue weighted by Crippen LogP contribution is 2.17. The minimum Gasteiger partial charge on any atom is -0.477 e. The van der Waals surface area contributed by atoms with E-state index < -0.39 is 50.8 Å². The van der Waals surface area contributed by atoms with Gasteiger partial charge in [-0.3, -0.25) is 4.79 Å². The molecule has 0 spiro atoms. The van der Waals surface area contributed by atoms with E-state index in [2.05, 4.69) is 20.1 Å². The van der Waals surface area contributed by atoms with E-state index >= 15 is 0 Å². The van der Waals surface area contributed by atoms with Gasteiger partial charge in [-0.25, -0.2) is 23.2 Å². The number of hydrogen-bond acceptors (Lipinski definition) is 6. The lowest BCUT2D eigenvalue weighted by molar-refractivity contribution is -0.197. The maximum atomic E-state index is 13.3. The molecule has 2 rings (SSSR count). The number of carbonyl (C=O) groups is 2. The predicted molar refractivity (Wildman–Crippen MR) is 93.6 cm³/mol. The quantitative estimate of drug-likeness (QED) is 0.501. The lowest BCUT2D eigenvalue weighted by atomic mass is 10.3. The molecule has 0 aliphatic carbocycles. The number of aromatic nitrogens is 3. The molecule has 0 fully saturated rings. The Kier molecular flexibility index (Phi) is 8.08. The Labute approximate surface area is 171 Å². The van der Waals surface area contributed by atoms with Gasteiger partial charge in [0.2, 0.25) is 5.91 Å². The molecule has 0 aliphatic rings. The maximum Gasteiger partial charge on any atom is 0.354 e. The molecule has 9 nitrogen and oxygen atoms in total. The van der Waals surface area contributed by atoms with Crippen LogP contribution < -0.4 is 5.32 Å². The molecule has 0 unspecified atom stereocenters. The number of halogens is 5. The van der Waals surface area contributed by atoms with Gasteiger partial charge in [-0.1, -0.05) is 11.6 Å². The number of nitrogens with zero attached hydrogens (tertiary/aromatic N) is 3. The first-order chi connectivity index (χ1) is 14.1. The highest BCUT2D eigenvalue weighted by atomic mass is 35.5. The zero-order valence-electron chi connectivity index (χ0n) is 15.0. The van der Waals surface area contributed by atoms with Crippen LogP contribution in [0.4, 0.5) is 23.4 Å². The van der Waals surface area contributed by atoms with Crippen molar-refractivity contribution in [3.05, 3.63) is 40.8 Å². The molecule has 1 amide bonds. The molecule has 0 atom stereocenters. The smallest absolute Gasteiger partial charge is 0.354 e. The number of alkyl halides is 4. The first kappa shape index (κ1) is 23.5. The standard InChI is InChI=1S/C16H15ClF4N4O5/c17-9-1-2-12(22-4-9)23-13(26)5-25-11(14(27)28)3-10(24-25)6-29-7-16(20,21)8-30-15(18)19/h1-4,15H,5-8H2,(H,27,28)(H,22,23,26). The Morgan fingerprint density at radius 3 is 2.63 bits per heavy atom. The van der Waals surface area contributed by atoms with Crippen molar-refractivity contribution in [1.29, 1.82) is 0 Å². The highest BCUT2D eigenvalue weighted by Gasteiger charge is 2.31. The molecule has 0 aromatic carbocycles. The van der Waals surface area contributed by atoms with Crippen molar-refractivity contribution in [2.24, 2.45) is 0 Å². The van der Waals surface area contributed by atoms with Crippen molar-refractivity contribution in [2.45, 2.75) is 25.7 Å². The molecule has 14 heteroatoms. The fourth-order valence-corrected chi connectivity index (χ4v) is 2.24. The summed E-state index contributed by atoms with van der Waals surface area (Å²) in [6.07, 6.45) is 1.30. The Morgan fingerprint density at radius 2 is 2.03 bits per heavy atom. The van der Waals surface area contributed by atoms with E-state index in [1.54, 1.807) is 0 Å². The summed E-state index contributed by atoms with van der Waals surface area (Å²) in [5.41, 5.74) is -0.448. The summed E-state index contributed by atoms with van der Waals surface area (Å²) in [6.45, 7) is -7.20. The van der Waals surface area contributed by atoms with Crippen molar-refractivity contribution in [3.8, 4) is 0 Å². The van der Waals surface area contributed by atoms with Gasteiger partial charge in [0.15, 0.2) is 0 Å². The number of rotatable bonds is 11. The van der Waals surface area contributed by atoms with Gasteiger partial charge >= 0.3 is 12.6 Å². The van der Waals surface area contributed by atoms with Gasteiger partial charge in [0.05, 0.1) is 17.3 Å². The average Bonchev–Trinajstić information content (AvgIpc) is 3.04. The zero-order chi connectivity index (χ0) is 22.3. The summed E-state index contributed by atoms with van der Waals surface area (Å²) in [5.74, 6) is -5.58. The minimum atomic E-state index is -3.68. The molecule has 0 saturated heterocycles. The first-order valence-corrected chi connectivity index (χ1v) is 8.50. The van der Waals surface area contributed by atoms with Crippen molar-refractivity contribution in [2.75, 3.05) is 18.5 Å². The Bertz CT molecular complexity index is 879. The van der Waals surface area contributed by atoms with Crippen molar-refractivity contribution < 1.29 is 41.7 Å². The maximum absolute atomic E-state index is 13.3. The van der Waals surface area contributed by atoms with Crippen LogP contribution >= 0.6 is 11.6 Å². The summed E-state index contributed by atoms with van der Waals surface area (Å²) < 4.78 is 59.4. The summed E-state index contributed by atoms with van der Waals surface area (Å²) in [7, 11) is 0. The van der Waals surface area contributed by atoms with Gasteiger partial charge in [0.1, 0.15) is 31.3 Å². The minimum absolute atomic E-state index is 0.0598.